The molecular weight excluding hydrogens is 304 g/mol. The number of amides is 2. The molecule has 2 aromatic carbocycles. The minimum atomic E-state index is -0.337. The molecule has 0 aliphatic carbocycles. The van der Waals surface area contributed by atoms with E-state index in [-0.39, 0.29) is 6.03 Å². The van der Waals surface area contributed by atoms with Crippen LogP contribution in [-0.4, -0.2) is 20.3 Å². The van der Waals surface area contributed by atoms with Crippen LogP contribution in [0.15, 0.2) is 42.5 Å². The fourth-order valence-corrected chi connectivity index (χ4v) is 2.04. The predicted octanol–water partition coefficient (Wildman–Crippen LogP) is 3.68. The van der Waals surface area contributed by atoms with Gasteiger partial charge in [-0.1, -0.05) is 23.7 Å². The molecule has 2 rings (SSSR count). The van der Waals surface area contributed by atoms with Gasteiger partial charge in [0.25, 0.3) is 0 Å². The van der Waals surface area contributed by atoms with Gasteiger partial charge in [-0.05, 0) is 35.9 Å². The number of hydrogen-bond donors (Lipinski definition) is 2. The van der Waals surface area contributed by atoms with Crippen LogP contribution in [0.25, 0.3) is 0 Å². The summed E-state index contributed by atoms with van der Waals surface area (Å²) in [5.41, 5.74) is 1.48. The van der Waals surface area contributed by atoms with Gasteiger partial charge in [-0.25, -0.2) is 4.79 Å². The fraction of sp³-hybridized carbons (Fsp3) is 0.188. The Morgan fingerprint density at radius 1 is 1.09 bits per heavy atom. The van der Waals surface area contributed by atoms with Crippen LogP contribution in [0, 0.1) is 0 Å². The molecule has 0 heterocycles. The lowest BCUT2D eigenvalue weighted by molar-refractivity contribution is 0.251. The van der Waals surface area contributed by atoms with Gasteiger partial charge in [-0.3, -0.25) is 0 Å². The van der Waals surface area contributed by atoms with Gasteiger partial charge in [0, 0.05) is 11.6 Å². The Kier molecular flexibility index (Phi) is 5.49. The highest BCUT2D eigenvalue weighted by Crippen LogP contribution is 2.27. The van der Waals surface area contributed by atoms with E-state index in [1.165, 1.54) is 7.11 Å². The van der Waals surface area contributed by atoms with Crippen molar-refractivity contribution in [2.45, 2.75) is 6.54 Å². The lowest BCUT2D eigenvalue weighted by Crippen LogP contribution is -2.28. The summed E-state index contributed by atoms with van der Waals surface area (Å²) in [6, 6.07) is 12.1. The van der Waals surface area contributed by atoms with Gasteiger partial charge in [0.05, 0.1) is 19.9 Å². The van der Waals surface area contributed by atoms with Gasteiger partial charge in [0.2, 0.25) is 0 Å². The van der Waals surface area contributed by atoms with Crippen LogP contribution in [0.4, 0.5) is 10.5 Å². The van der Waals surface area contributed by atoms with Gasteiger partial charge in [0.1, 0.15) is 11.5 Å². The normalized spacial score (nSPS) is 9.95. The van der Waals surface area contributed by atoms with Crippen LogP contribution in [0.2, 0.25) is 5.02 Å². The van der Waals surface area contributed by atoms with Crippen molar-refractivity contribution in [3.63, 3.8) is 0 Å². The highest BCUT2D eigenvalue weighted by molar-refractivity contribution is 6.31. The summed E-state index contributed by atoms with van der Waals surface area (Å²) in [6.45, 7) is 0.401. The smallest absolute Gasteiger partial charge is 0.319 e. The zero-order valence-electron chi connectivity index (χ0n) is 12.4. The SMILES string of the molecule is COc1ccc(CNC(=O)Nc2cc(Cl)ccc2OC)cc1. The number of hydrogen-bond acceptors (Lipinski definition) is 3. The molecule has 0 saturated heterocycles. The maximum atomic E-state index is 11.9. The molecule has 0 aliphatic heterocycles. The Labute approximate surface area is 134 Å². The maximum absolute atomic E-state index is 11.9. The summed E-state index contributed by atoms with van der Waals surface area (Å²) in [5.74, 6) is 1.32. The minimum absolute atomic E-state index is 0.337. The Morgan fingerprint density at radius 2 is 1.82 bits per heavy atom. The van der Waals surface area contributed by atoms with Gasteiger partial charge in [0.15, 0.2) is 0 Å². The molecule has 0 spiro atoms. The number of methoxy groups -OCH3 is 2. The number of urea groups is 1. The topological polar surface area (TPSA) is 59.6 Å². The molecule has 22 heavy (non-hydrogen) atoms. The van der Waals surface area contributed by atoms with Crippen LogP contribution in [0.1, 0.15) is 5.56 Å². The van der Waals surface area contributed by atoms with Crippen molar-refractivity contribution in [1.82, 2.24) is 5.32 Å². The minimum Gasteiger partial charge on any atom is -0.497 e. The van der Waals surface area contributed by atoms with Crippen LogP contribution < -0.4 is 20.1 Å². The molecule has 2 amide bonds. The lowest BCUT2D eigenvalue weighted by Gasteiger charge is -2.11. The Hall–Kier alpha value is -2.40. The largest absolute Gasteiger partial charge is 0.497 e. The molecule has 2 aromatic rings. The number of benzene rings is 2. The molecule has 0 bridgehead atoms. The molecule has 116 valence electrons. The molecule has 0 aromatic heterocycles. The zero-order valence-corrected chi connectivity index (χ0v) is 13.1. The molecule has 2 N–H and O–H groups in total. The van der Waals surface area contributed by atoms with E-state index < -0.39 is 0 Å². The summed E-state index contributed by atoms with van der Waals surface area (Å²) in [5, 5.41) is 6.00. The monoisotopic (exact) mass is 320 g/mol. The summed E-state index contributed by atoms with van der Waals surface area (Å²) in [7, 11) is 3.14. The van der Waals surface area contributed by atoms with Crippen molar-refractivity contribution in [2.24, 2.45) is 0 Å². The van der Waals surface area contributed by atoms with E-state index in [9.17, 15) is 4.79 Å². The van der Waals surface area contributed by atoms with E-state index in [4.69, 9.17) is 21.1 Å². The van der Waals surface area contributed by atoms with Crippen molar-refractivity contribution in [3.8, 4) is 11.5 Å². The van der Waals surface area contributed by atoms with Gasteiger partial charge in [-0.15, -0.1) is 0 Å². The summed E-state index contributed by atoms with van der Waals surface area (Å²) < 4.78 is 10.3. The first-order valence-corrected chi connectivity index (χ1v) is 7.01. The third kappa shape index (κ3) is 4.30. The second kappa shape index (κ2) is 7.56. The average Bonchev–Trinajstić information content (AvgIpc) is 2.53. The number of carbonyl (C=O) groups excluding carboxylic acids is 1. The Balaban J connectivity index is 1.94. The second-order valence-corrected chi connectivity index (χ2v) is 4.94. The number of rotatable bonds is 5. The summed E-state index contributed by atoms with van der Waals surface area (Å²) in [6.07, 6.45) is 0. The van der Waals surface area contributed by atoms with E-state index in [1.54, 1.807) is 25.3 Å². The number of ether oxygens (including phenoxy) is 2. The Bertz CT molecular complexity index is 644. The van der Waals surface area contributed by atoms with Gasteiger partial charge >= 0.3 is 6.03 Å². The molecule has 0 radical (unpaired) electrons. The summed E-state index contributed by atoms with van der Waals surface area (Å²) in [4.78, 5) is 11.9. The quantitative estimate of drug-likeness (QED) is 0.883. The molecule has 0 unspecified atom stereocenters. The van der Waals surface area contributed by atoms with Crippen molar-refractivity contribution in [2.75, 3.05) is 19.5 Å². The highest BCUT2D eigenvalue weighted by atomic mass is 35.5. The molecule has 0 fully saturated rings. The molecule has 0 aliphatic rings. The van der Waals surface area contributed by atoms with Crippen LogP contribution >= 0.6 is 11.6 Å². The van der Waals surface area contributed by atoms with E-state index in [1.807, 2.05) is 24.3 Å². The van der Waals surface area contributed by atoms with E-state index >= 15 is 0 Å². The first-order valence-electron chi connectivity index (χ1n) is 6.63. The van der Waals surface area contributed by atoms with E-state index in [0.29, 0.717) is 23.0 Å². The zero-order chi connectivity index (χ0) is 15.9. The van der Waals surface area contributed by atoms with Crippen molar-refractivity contribution in [3.05, 3.63) is 53.1 Å². The first kappa shape index (κ1) is 16.0. The third-order valence-electron chi connectivity index (χ3n) is 3.02. The second-order valence-electron chi connectivity index (χ2n) is 4.50. The highest BCUT2D eigenvalue weighted by Gasteiger charge is 2.08. The van der Waals surface area contributed by atoms with Gasteiger partial charge < -0.3 is 20.1 Å². The van der Waals surface area contributed by atoms with Gasteiger partial charge in [-0.2, -0.15) is 0 Å². The predicted molar refractivity (Wildman–Crippen MR) is 86.9 cm³/mol. The maximum Gasteiger partial charge on any atom is 0.319 e. The standard InChI is InChI=1S/C16H17ClN2O3/c1-21-13-6-3-11(4-7-13)10-18-16(20)19-14-9-12(17)5-8-15(14)22-2/h3-9H,10H2,1-2H3,(H2,18,19,20). The lowest BCUT2D eigenvalue weighted by atomic mass is 10.2. The first-order chi connectivity index (χ1) is 10.6. The van der Waals surface area contributed by atoms with E-state index in [2.05, 4.69) is 10.6 Å². The summed E-state index contributed by atoms with van der Waals surface area (Å²) >= 11 is 5.92. The van der Waals surface area contributed by atoms with Crippen molar-refractivity contribution < 1.29 is 14.3 Å². The molecule has 5 nitrogen and oxygen atoms in total. The number of carbonyl (C=O) groups is 1. The van der Waals surface area contributed by atoms with Crippen molar-refractivity contribution in [1.29, 1.82) is 0 Å². The molecule has 0 atom stereocenters. The molecule has 0 saturated carbocycles. The number of nitrogens with one attached hydrogen (secondary N) is 2. The van der Waals surface area contributed by atoms with E-state index in [0.717, 1.165) is 11.3 Å². The van der Waals surface area contributed by atoms with Crippen LogP contribution in [0.3, 0.4) is 0 Å². The Morgan fingerprint density at radius 3 is 2.45 bits per heavy atom. The molecule has 6 heteroatoms. The molecular formula is C16H17ClN2O3. The average molecular weight is 321 g/mol. The number of anilines is 1. The third-order valence-corrected chi connectivity index (χ3v) is 3.26. The van der Waals surface area contributed by atoms with Crippen molar-refractivity contribution >= 4 is 23.3 Å². The fourth-order valence-electron chi connectivity index (χ4n) is 1.87. The number of halogens is 1. The van der Waals surface area contributed by atoms with Crippen LogP contribution in [0.5, 0.6) is 11.5 Å². The van der Waals surface area contributed by atoms with Crippen LogP contribution in [-0.2, 0) is 6.54 Å².